The minimum atomic E-state index is -0.286. The van der Waals surface area contributed by atoms with Crippen molar-refractivity contribution in [2.75, 3.05) is 11.1 Å². The fourth-order valence-electron chi connectivity index (χ4n) is 3.74. The van der Waals surface area contributed by atoms with Crippen molar-refractivity contribution < 1.29 is 4.79 Å². The van der Waals surface area contributed by atoms with Crippen molar-refractivity contribution in [3.63, 3.8) is 0 Å². The number of aryl methyl sites for hydroxylation is 1. The molecule has 0 radical (unpaired) electrons. The van der Waals surface area contributed by atoms with Crippen LogP contribution in [-0.4, -0.2) is 28.1 Å². The van der Waals surface area contributed by atoms with E-state index in [1.807, 2.05) is 24.3 Å². The molecule has 1 fully saturated rings. The van der Waals surface area contributed by atoms with Crippen LogP contribution in [0, 0.1) is 0 Å². The van der Waals surface area contributed by atoms with Gasteiger partial charge in [0.15, 0.2) is 5.66 Å². The topological polar surface area (TPSA) is 53.8 Å². The molecule has 4 nitrogen and oxygen atoms in total. The molecule has 2 heterocycles. The molecule has 1 aliphatic carbocycles. The lowest BCUT2D eigenvalue weighted by Gasteiger charge is -2.27. The normalized spacial score (nSPS) is 18.0. The molecule has 1 amide bonds. The molecular formula is C22H25N3OS2. The van der Waals surface area contributed by atoms with Gasteiger partial charge in [-0.3, -0.25) is 9.79 Å². The predicted octanol–water partition coefficient (Wildman–Crippen LogP) is 5.54. The van der Waals surface area contributed by atoms with Crippen LogP contribution in [0.1, 0.15) is 49.5 Å². The summed E-state index contributed by atoms with van der Waals surface area (Å²) >= 11 is 3.20. The number of nitrogens with one attached hydrogen (secondary N) is 1. The molecule has 1 spiro atoms. The Morgan fingerprint density at radius 1 is 1.18 bits per heavy atom. The molecule has 28 heavy (non-hydrogen) atoms. The molecule has 1 aliphatic heterocycles. The second-order valence-corrected chi connectivity index (χ2v) is 9.20. The third-order valence-electron chi connectivity index (χ3n) is 5.20. The number of thioether (sulfide) groups is 1. The van der Waals surface area contributed by atoms with Gasteiger partial charge in [0, 0.05) is 5.69 Å². The maximum absolute atomic E-state index is 12.5. The van der Waals surface area contributed by atoms with Gasteiger partial charge in [-0.05, 0) is 61.2 Å². The van der Waals surface area contributed by atoms with E-state index in [1.165, 1.54) is 36.6 Å². The Balaban J connectivity index is 1.45. The fourth-order valence-corrected chi connectivity index (χ4v) is 5.39. The number of amides is 1. The molecule has 0 bridgehead atoms. The lowest BCUT2D eigenvalue weighted by atomic mass is 9.90. The first-order valence-electron chi connectivity index (χ1n) is 9.93. The van der Waals surface area contributed by atoms with Crippen LogP contribution in [0.15, 0.2) is 51.8 Å². The third-order valence-corrected chi connectivity index (χ3v) is 7.04. The summed E-state index contributed by atoms with van der Waals surface area (Å²) in [6.07, 6.45) is 6.61. The summed E-state index contributed by atoms with van der Waals surface area (Å²) < 4.78 is 0. The molecule has 0 unspecified atom stereocenters. The minimum Gasteiger partial charge on any atom is -0.325 e. The second-order valence-electron chi connectivity index (χ2n) is 7.29. The SMILES string of the molecule is CCc1cccc(NC(=O)CSC2=NC3(CCCCC3)N=C2c2cccs2)c1. The van der Waals surface area contributed by atoms with E-state index >= 15 is 0 Å². The van der Waals surface area contributed by atoms with Crippen molar-refractivity contribution in [1.82, 2.24) is 0 Å². The van der Waals surface area contributed by atoms with Gasteiger partial charge in [0.2, 0.25) is 5.91 Å². The monoisotopic (exact) mass is 411 g/mol. The van der Waals surface area contributed by atoms with Gasteiger partial charge in [0.1, 0.15) is 10.8 Å². The summed E-state index contributed by atoms with van der Waals surface area (Å²) in [5, 5.41) is 6.00. The molecule has 146 valence electrons. The smallest absolute Gasteiger partial charge is 0.234 e. The van der Waals surface area contributed by atoms with Gasteiger partial charge in [0.05, 0.1) is 10.6 Å². The van der Waals surface area contributed by atoms with E-state index < -0.39 is 0 Å². The standard InChI is InChI=1S/C22H25N3OS2/c1-2-16-8-6-9-17(14-16)23-19(26)15-28-21-20(18-10-7-13-27-18)24-22(25-21)11-4-3-5-12-22/h6-10,13-14H,2-5,11-12,15H2,1H3,(H,23,26). The average molecular weight is 412 g/mol. The molecular weight excluding hydrogens is 386 g/mol. The maximum Gasteiger partial charge on any atom is 0.234 e. The Labute approximate surface area is 174 Å². The lowest BCUT2D eigenvalue weighted by molar-refractivity contribution is -0.113. The van der Waals surface area contributed by atoms with Gasteiger partial charge in [0.25, 0.3) is 0 Å². The number of benzene rings is 1. The van der Waals surface area contributed by atoms with Crippen LogP contribution in [0.25, 0.3) is 0 Å². The number of aliphatic imine (C=N–C) groups is 2. The summed E-state index contributed by atoms with van der Waals surface area (Å²) in [5.74, 6) is 0.339. The quantitative estimate of drug-likeness (QED) is 0.702. The van der Waals surface area contributed by atoms with Crippen LogP contribution in [-0.2, 0) is 11.2 Å². The Kier molecular flexibility index (Phi) is 5.97. The molecule has 1 aromatic carbocycles. The Hall–Kier alpha value is -1.92. The van der Waals surface area contributed by atoms with E-state index in [4.69, 9.17) is 9.98 Å². The van der Waals surface area contributed by atoms with Crippen LogP contribution in [0.5, 0.6) is 0 Å². The van der Waals surface area contributed by atoms with Gasteiger partial charge in [-0.15, -0.1) is 11.3 Å². The van der Waals surface area contributed by atoms with Gasteiger partial charge in [-0.1, -0.05) is 43.3 Å². The number of hydrogen-bond acceptors (Lipinski definition) is 5. The Bertz CT molecular complexity index is 896. The van der Waals surface area contributed by atoms with Crippen molar-refractivity contribution in [3.05, 3.63) is 52.2 Å². The van der Waals surface area contributed by atoms with Crippen molar-refractivity contribution in [1.29, 1.82) is 0 Å². The highest BCUT2D eigenvalue weighted by Gasteiger charge is 2.38. The van der Waals surface area contributed by atoms with E-state index in [0.717, 1.165) is 40.6 Å². The molecule has 2 aromatic rings. The molecule has 0 saturated heterocycles. The van der Waals surface area contributed by atoms with Crippen molar-refractivity contribution in [2.24, 2.45) is 9.98 Å². The molecule has 4 rings (SSSR count). The summed E-state index contributed by atoms with van der Waals surface area (Å²) in [6, 6.07) is 12.2. The van der Waals surface area contributed by atoms with E-state index in [2.05, 4.69) is 29.8 Å². The molecule has 1 N–H and O–H groups in total. The molecule has 6 heteroatoms. The van der Waals surface area contributed by atoms with Crippen molar-refractivity contribution in [3.8, 4) is 0 Å². The van der Waals surface area contributed by atoms with Crippen LogP contribution in [0.4, 0.5) is 5.69 Å². The highest BCUT2D eigenvalue weighted by atomic mass is 32.2. The minimum absolute atomic E-state index is 0.00363. The number of hydrogen-bond donors (Lipinski definition) is 1. The molecule has 0 atom stereocenters. The van der Waals surface area contributed by atoms with Gasteiger partial charge in [-0.2, -0.15) is 0 Å². The first kappa shape index (κ1) is 19.4. The number of carbonyl (C=O) groups excluding carboxylic acids is 1. The fraction of sp³-hybridized carbons (Fsp3) is 0.409. The molecule has 1 saturated carbocycles. The number of thiophene rings is 1. The number of carbonyl (C=O) groups is 1. The van der Waals surface area contributed by atoms with Crippen molar-refractivity contribution in [2.45, 2.75) is 51.1 Å². The zero-order chi connectivity index (χ0) is 19.4. The summed E-state index contributed by atoms with van der Waals surface area (Å²) in [5.41, 5.74) is 2.76. The average Bonchev–Trinajstić information content (AvgIpc) is 3.35. The first-order chi connectivity index (χ1) is 13.7. The summed E-state index contributed by atoms with van der Waals surface area (Å²) in [6.45, 7) is 2.11. The summed E-state index contributed by atoms with van der Waals surface area (Å²) in [7, 11) is 0. The second kappa shape index (κ2) is 8.62. The van der Waals surface area contributed by atoms with Gasteiger partial charge < -0.3 is 5.32 Å². The first-order valence-corrected chi connectivity index (χ1v) is 11.8. The lowest BCUT2D eigenvalue weighted by Crippen LogP contribution is -2.25. The van der Waals surface area contributed by atoms with Crippen LogP contribution >= 0.6 is 23.1 Å². The van der Waals surface area contributed by atoms with E-state index in [0.29, 0.717) is 5.75 Å². The zero-order valence-electron chi connectivity index (χ0n) is 16.1. The zero-order valence-corrected chi connectivity index (χ0v) is 17.7. The molecule has 1 aromatic heterocycles. The third kappa shape index (κ3) is 4.39. The number of rotatable bonds is 5. The Morgan fingerprint density at radius 2 is 2.04 bits per heavy atom. The highest BCUT2D eigenvalue weighted by Crippen LogP contribution is 2.39. The van der Waals surface area contributed by atoms with E-state index in [1.54, 1.807) is 11.3 Å². The maximum atomic E-state index is 12.5. The van der Waals surface area contributed by atoms with Crippen LogP contribution in [0.3, 0.4) is 0 Å². The van der Waals surface area contributed by atoms with E-state index in [-0.39, 0.29) is 11.6 Å². The van der Waals surface area contributed by atoms with Gasteiger partial charge in [-0.25, -0.2) is 4.99 Å². The number of anilines is 1. The van der Waals surface area contributed by atoms with Gasteiger partial charge >= 0.3 is 0 Å². The van der Waals surface area contributed by atoms with Crippen molar-refractivity contribution >= 4 is 45.4 Å². The highest BCUT2D eigenvalue weighted by molar-refractivity contribution is 8.16. The van der Waals surface area contributed by atoms with Crippen LogP contribution in [0.2, 0.25) is 0 Å². The van der Waals surface area contributed by atoms with Crippen LogP contribution < -0.4 is 5.32 Å². The Morgan fingerprint density at radius 3 is 2.79 bits per heavy atom. The summed E-state index contributed by atoms with van der Waals surface area (Å²) in [4.78, 5) is 23.7. The number of nitrogens with zero attached hydrogens (tertiary/aromatic N) is 2. The predicted molar refractivity (Wildman–Crippen MR) is 121 cm³/mol. The van der Waals surface area contributed by atoms with E-state index in [9.17, 15) is 4.79 Å². The molecule has 2 aliphatic rings. The largest absolute Gasteiger partial charge is 0.325 e.